The van der Waals surface area contributed by atoms with Crippen molar-refractivity contribution in [2.75, 3.05) is 14.2 Å². The second kappa shape index (κ2) is 8.19. The van der Waals surface area contributed by atoms with Crippen molar-refractivity contribution in [1.82, 2.24) is 4.90 Å². The van der Waals surface area contributed by atoms with Crippen LogP contribution in [-0.2, 0) is 14.4 Å². The van der Waals surface area contributed by atoms with Crippen molar-refractivity contribution < 1.29 is 34.1 Å². The van der Waals surface area contributed by atoms with Crippen molar-refractivity contribution in [3.05, 3.63) is 28.7 Å². The van der Waals surface area contributed by atoms with E-state index in [4.69, 9.17) is 26.8 Å². The van der Waals surface area contributed by atoms with Crippen molar-refractivity contribution in [3.8, 4) is 11.5 Å². The van der Waals surface area contributed by atoms with Gasteiger partial charge in [-0.3, -0.25) is 14.5 Å². The van der Waals surface area contributed by atoms with Crippen molar-refractivity contribution in [1.29, 1.82) is 0 Å². The van der Waals surface area contributed by atoms with Crippen LogP contribution < -0.4 is 9.47 Å². The molecule has 0 aliphatic carbocycles. The Balaban J connectivity index is 2.41. The Kier molecular flexibility index (Phi) is 6.22. The Morgan fingerprint density at radius 2 is 2.00 bits per heavy atom. The summed E-state index contributed by atoms with van der Waals surface area (Å²) in [6.07, 6.45) is 0.748. The molecule has 2 rings (SSSR count). The topological polar surface area (TPSA) is 113 Å². The molecule has 1 amide bonds. The molecule has 10 heteroatoms. The van der Waals surface area contributed by atoms with E-state index in [9.17, 15) is 19.5 Å². The smallest absolute Gasteiger partial charge is 0.327 e. The summed E-state index contributed by atoms with van der Waals surface area (Å²) < 4.78 is 10.5. The SMILES string of the molecule is COc1cccc(/C=C2/SC(=S)N([C@H](CC(=O)O)C(=O)O)C2=O)c1OC. The number of hydrogen-bond donors (Lipinski definition) is 2. The third kappa shape index (κ3) is 3.97. The zero-order chi connectivity index (χ0) is 19.4. The van der Waals surface area contributed by atoms with Gasteiger partial charge in [0.25, 0.3) is 5.91 Å². The lowest BCUT2D eigenvalue weighted by molar-refractivity contribution is -0.150. The van der Waals surface area contributed by atoms with Crippen LogP contribution in [0.3, 0.4) is 0 Å². The number of aliphatic carboxylic acids is 2. The molecule has 1 heterocycles. The van der Waals surface area contributed by atoms with Crippen molar-refractivity contribution >= 4 is 52.2 Å². The molecule has 8 nitrogen and oxygen atoms in total. The van der Waals surface area contributed by atoms with Gasteiger partial charge in [-0.15, -0.1) is 0 Å². The lowest BCUT2D eigenvalue weighted by Crippen LogP contribution is -2.45. The van der Waals surface area contributed by atoms with Gasteiger partial charge in [-0.05, 0) is 12.1 Å². The quantitative estimate of drug-likeness (QED) is 0.525. The molecule has 0 radical (unpaired) electrons. The molecule has 0 saturated carbocycles. The maximum absolute atomic E-state index is 12.6. The first-order valence-electron chi connectivity index (χ1n) is 7.22. The molecule has 0 spiro atoms. The first-order chi connectivity index (χ1) is 12.3. The van der Waals surface area contributed by atoms with Crippen LogP contribution in [0.15, 0.2) is 23.1 Å². The van der Waals surface area contributed by atoms with Gasteiger partial charge >= 0.3 is 11.9 Å². The van der Waals surface area contributed by atoms with Gasteiger partial charge in [-0.25, -0.2) is 4.79 Å². The Morgan fingerprint density at radius 3 is 2.54 bits per heavy atom. The molecule has 0 bridgehead atoms. The average Bonchev–Trinajstić information content (AvgIpc) is 2.85. The van der Waals surface area contributed by atoms with Crippen LogP contribution in [0.1, 0.15) is 12.0 Å². The molecule has 1 aliphatic rings. The number of amides is 1. The zero-order valence-electron chi connectivity index (χ0n) is 13.8. The van der Waals surface area contributed by atoms with Gasteiger partial charge in [0.1, 0.15) is 10.4 Å². The molecule has 2 N–H and O–H groups in total. The Hall–Kier alpha value is -2.59. The van der Waals surface area contributed by atoms with E-state index >= 15 is 0 Å². The number of ether oxygens (including phenoxy) is 2. The van der Waals surface area contributed by atoms with Gasteiger partial charge in [0.05, 0.1) is 25.5 Å². The predicted octanol–water partition coefficient (Wildman–Crippen LogP) is 1.83. The Morgan fingerprint density at radius 1 is 1.31 bits per heavy atom. The summed E-state index contributed by atoms with van der Waals surface area (Å²) in [7, 11) is 2.93. The van der Waals surface area contributed by atoms with Crippen molar-refractivity contribution in [3.63, 3.8) is 0 Å². The highest BCUT2D eigenvalue weighted by atomic mass is 32.2. The number of thioether (sulfide) groups is 1. The van der Waals surface area contributed by atoms with E-state index in [1.165, 1.54) is 20.3 Å². The molecule has 1 atom stereocenters. The minimum atomic E-state index is -1.57. The van der Waals surface area contributed by atoms with E-state index in [0.717, 1.165) is 16.7 Å². The van der Waals surface area contributed by atoms with E-state index in [0.29, 0.717) is 17.1 Å². The Bertz CT molecular complexity index is 806. The van der Waals surface area contributed by atoms with Crippen LogP contribution in [0.25, 0.3) is 6.08 Å². The summed E-state index contributed by atoms with van der Waals surface area (Å²) in [5.74, 6) is -2.58. The van der Waals surface area contributed by atoms with Crippen LogP contribution in [0, 0.1) is 0 Å². The van der Waals surface area contributed by atoms with E-state index < -0.39 is 30.3 Å². The predicted molar refractivity (Wildman–Crippen MR) is 98.2 cm³/mol. The lowest BCUT2D eigenvalue weighted by atomic mass is 10.1. The first kappa shape index (κ1) is 19.7. The summed E-state index contributed by atoms with van der Waals surface area (Å²) in [4.78, 5) is 35.9. The van der Waals surface area contributed by atoms with Gasteiger partial charge in [0.15, 0.2) is 11.5 Å². The molecule has 1 saturated heterocycles. The normalized spacial score (nSPS) is 16.7. The largest absolute Gasteiger partial charge is 0.493 e. The van der Waals surface area contributed by atoms with E-state index in [1.807, 2.05) is 0 Å². The summed E-state index contributed by atoms with van der Waals surface area (Å²) in [5, 5.41) is 18.2. The monoisotopic (exact) mass is 397 g/mol. The van der Waals surface area contributed by atoms with Gasteiger partial charge in [-0.1, -0.05) is 36.1 Å². The number of carbonyl (C=O) groups excluding carboxylic acids is 1. The number of rotatable bonds is 7. The number of carbonyl (C=O) groups is 3. The van der Waals surface area contributed by atoms with E-state index in [1.54, 1.807) is 18.2 Å². The minimum Gasteiger partial charge on any atom is -0.493 e. The highest BCUT2D eigenvalue weighted by Crippen LogP contribution is 2.38. The second-order valence-corrected chi connectivity index (χ2v) is 6.76. The number of thiocarbonyl (C=S) groups is 1. The fourth-order valence-electron chi connectivity index (χ4n) is 2.37. The van der Waals surface area contributed by atoms with Crippen molar-refractivity contribution in [2.24, 2.45) is 0 Å². The number of hydrogen-bond acceptors (Lipinski definition) is 7. The third-order valence-electron chi connectivity index (χ3n) is 3.51. The van der Waals surface area contributed by atoms with Crippen molar-refractivity contribution in [2.45, 2.75) is 12.5 Å². The zero-order valence-corrected chi connectivity index (χ0v) is 15.4. The molecule has 0 unspecified atom stereocenters. The molecular weight excluding hydrogens is 382 g/mol. The number of carboxylic acids is 2. The molecule has 1 aromatic carbocycles. The summed E-state index contributed by atoms with van der Waals surface area (Å²) in [6, 6.07) is 3.52. The molecule has 1 fully saturated rings. The number of nitrogens with zero attached hydrogens (tertiary/aromatic N) is 1. The average molecular weight is 397 g/mol. The molecule has 26 heavy (non-hydrogen) atoms. The van der Waals surface area contributed by atoms with Crippen LogP contribution in [0.5, 0.6) is 11.5 Å². The second-order valence-electron chi connectivity index (χ2n) is 5.09. The molecule has 1 aliphatic heterocycles. The van der Waals surface area contributed by atoms with E-state index in [2.05, 4.69) is 0 Å². The fourth-order valence-corrected chi connectivity index (χ4v) is 3.72. The molecule has 0 aromatic heterocycles. The molecular formula is C16H15NO7S2. The number of para-hydroxylation sites is 1. The van der Waals surface area contributed by atoms with Crippen LogP contribution in [-0.4, -0.2) is 57.5 Å². The third-order valence-corrected chi connectivity index (χ3v) is 4.84. The fraction of sp³-hybridized carbons (Fsp3) is 0.250. The van der Waals surface area contributed by atoms with Crippen LogP contribution in [0.2, 0.25) is 0 Å². The summed E-state index contributed by atoms with van der Waals surface area (Å²) in [5.41, 5.74) is 0.539. The maximum Gasteiger partial charge on any atom is 0.327 e. The maximum atomic E-state index is 12.6. The van der Waals surface area contributed by atoms with Gasteiger partial charge in [-0.2, -0.15) is 0 Å². The Labute approximate surface area is 158 Å². The molecule has 138 valence electrons. The summed E-state index contributed by atoms with van der Waals surface area (Å²) in [6.45, 7) is 0. The lowest BCUT2D eigenvalue weighted by Gasteiger charge is -2.21. The summed E-state index contributed by atoms with van der Waals surface area (Å²) >= 11 is 5.98. The first-order valence-corrected chi connectivity index (χ1v) is 8.45. The number of carboxylic acid groups (broad SMARTS) is 2. The standard InChI is InChI=1S/C16H15NO7S2/c1-23-10-5-3-4-8(13(10)24-2)6-11-14(20)17(16(25)26-11)9(15(21)22)7-12(18)19/h3-6,9H,7H2,1-2H3,(H,18,19)(H,21,22)/b11-6+/t9-/m1/s1. The van der Waals surface area contributed by atoms with E-state index in [-0.39, 0.29) is 9.23 Å². The highest BCUT2D eigenvalue weighted by Gasteiger charge is 2.41. The van der Waals surface area contributed by atoms with Crippen LogP contribution >= 0.6 is 24.0 Å². The highest BCUT2D eigenvalue weighted by molar-refractivity contribution is 8.26. The minimum absolute atomic E-state index is 0.0169. The number of benzene rings is 1. The van der Waals surface area contributed by atoms with Gasteiger partial charge < -0.3 is 19.7 Å². The van der Waals surface area contributed by atoms with Crippen LogP contribution in [0.4, 0.5) is 0 Å². The van der Waals surface area contributed by atoms with Gasteiger partial charge in [0, 0.05) is 5.56 Å². The number of methoxy groups -OCH3 is 2. The molecule has 1 aromatic rings. The van der Waals surface area contributed by atoms with Gasteiger partial charge in [0.2, 0.25) is 0 Å².